The third-order valence-electron chi connectivity index (χ3n) is 6.43. The fourth-order valence-electron chi connectivity index (χ4n) is 4.28. The molecule has 0 aliphatic heterocycles. The van der Waals surface area contributed by atoms with Gasteiger partial charge in [0.15, 0.2) is 0 Å². The van der Waals surface area contributed by atoms with Crippen LogP contribution in [0.1, 0.15) is 58.2 Å². The standard InChI is InChI=1S/C31H39N3O5/c1-7-21(3)34(29(37)26(19-35)33-30(38)39-31(4,5)6)27(23-14-12-20(2)13-15-23)28(36)32-25-17-16-22-10-8-9-11-24(22)18-25/h8-18,21,26-27,35H,7,19H2,1-6H3,(H,32,36)(H,33,38). The number of hydrogen-bond donors (Lipinski definition) is 3. The summed E-state index contributed by atoms with van der Waals surface area (Å²) in [5.74, 6) is -0.992. The third kappa shape index (κ3) is 7.80. The van der Waals surface area contributed by atoms with E-state index in [2.05, 4.69) is 10.6 Å². The molecule has 3 N–H and O–H groups in total. The van der Waals surface area contributed by atoms with Crippen LogP contribution in [0.25, 0.3) is 10.8 Å². The van der Waals surface area contributed by atoms with E-state index in [1.54, 1.807) is 20.8 Å². The summed E-state index contributed by atoms with van der Waals surface area (Å²) >= 11 is 0. The van der Waals surface area contributed by atoms with Crippen molar-refractivity contribution in [2.45, 2.75) is 71.7 Å². The lowest BCUT2D eigenvalue weighted by Crippen LogP contribution is -2.56. The van der Waals surface area contributed by atoms with Crippen LogP contribution in [0.3, 0.4) is 0 Å². The number of rotatable bonds is 9. The molecule has 0 saturated heterocycles. The number of fused-ring (bicyclic) bond motifs is 1. The Balaban J connectivity index is 2.00. The SMILES string of the molecule is CCC(C)N(C(=O)C(CO)NC(=O)OC(C)(C)C)C(C(=O)Nc1ccc2ccccc2c1)c1ccc(C)cc1. The molecule has 39 heavy (non-hydrogen) atoms. The summed E-state index contributed by atoms with van der Waals surface area (Å²) in [5.41, 5.74) is 1.43. The molecule has 3 aromatic carbocycles. The lowest BCUT2D eigenvalue weighted by molar-refractivity contribution is -0.144. The van der Waals surface area contributed by atoms with Gasteiger partial charge in [0.2, 0.25) is 5.91 Å². The second kappa shape index (κ2) is 12.8. The van der Waals surface area contributed by atoms with Crippen molar-refractivity contribution in [2.24, 2.45) is 0 Å². The van der Waals surface area contributed by atoms with Gasteiger partial charge in [-0.05, 0) is 69.5 Å². The van der Waals surface area contributed by atoms with Gasteiger partial charge >= 0.3 is 6.09 Å². The van der Waals surface area contributed by atoms with Crippen LogP contribution in [0.2, 0.25) is 0 Å². The number of nitrogens with one attached hydrogen (secondary N) is 2. The number of aryl methyl sites for hydroxylation is 1. The Labute approximate surface area is 230 Å². The summed E-state index contributed by atoms with van der Waals surface area (Å²) in [6.07, 6.45) is -0.284. The van der Waals surface area contributed by atoms with Crippen LogP contribution in [-0.4, -0.2) is 52.2 Å². The molecule has 0 spiro atoms. The van der Waals surface area contributed by atoms with E-state index in [1.807, 2.05) is 87.5 Å². The first-order valence-electron chi connectivity index (χ1n) is 13.2. The van der Waals surface area contributed by atoms with E-state index in [0.29, 0.717) is 17.7 Å². The number of hydrogen-bond acceptors (Lipinski definition) is 5. The number of carbonyl (C=O) groups is 3. The molecule has 3 atom stereocenters. The number of benzene rings is 3. The van der Waals surface area contributed by atoms with Gasteiger partial charge < -0.3 is 25.4 Å². The van der Waals surface area contributed by atoms with Crippen molar-refractivity contribution < 1.29 is 24.2 Å². The molecule has 0 aliphatic rings. The first-order valence-corrected chi connectivity index (χ1v) is 13.2. The summed E-state index contributed by atoms with van der Waals surface area (Å²) in [6.45, 7) is 10.2. The highest BCUT2D eigenvalue weighted by molar-refractivity contribution is 6.00. The van der Waals surface area contributed by atoms with Gasteiger partial charge in [0.05, 0.1) is 6.61 Å². The Morgan fingerprint density at radius 2 is 1.62 bits per heavy atom. The quantitative estimate of drug-likeness (QED) is 0.344. The number of aliphatic hydroxyl groups excluding tert-OH is 1. The molecule has 0 heterocycles. The molecule has 3 amide bonds. The predicted octanol–water partition coefficient (Wildman–Crippen LogP) is 5.34. The maximum atomic E-state index is 13.9. The van der Waals surface area contributed by atoms with E-state index >= 15 is 0 Å². The van der Waals surface area contributed by atoms with Crippen LogP contribution >= 0.6 is 0 Å². The lowest BCUT2D eigenvalue weighted by atomic mass is 9.99. The van der Waals surface area contributed by atoms with Gasteiger partial charge in [0.25, 0.3) is 5.91 Å². The third-order valence-corrected chi connectivity index (χ3v) is 6.43. The van der Waals surface area contributed by atoms with Crippen molar-refractivity contribution in [2.75, 3.05) is 11.9 Å². The summed E-state index contributed by atoms with van der Waals surface area (Å²) in [7, 11) is 0. The molecule has 208 valence electrons. The van der Waals surface area contributed by atoms with Crippen molar-refractivity contribution in [3.63, 3.8) is 0 Å². The van der Waals surface area contributed by atoms with Crippen molar-refractivity contribution >= 4 is 34.4 Å². The zero-order valence-corrected chi connectivity index (χ0v) is 23.5. The smallest absolute Gasteiger partial charge is 0.408 e. The Morgan fingerprint density at radius 1 is 0.974 bits per heavy atom. The van der Waals surface area contributed by atoms with Crippen molar-refractivity contribution in [1.82, 2.24) is 10.2 Å². The molecule has 3 aromatic rings. The Bertz CT molecular complexity index is 1300. The van der Waals surface area contributed by atoms with Gasteiger partial charge in [-0.25, -0.2) is 4.79 Å². The van der Waals surface area contributed by atoms with E-state index in [4.69, 9.17) is 4.74 Å². The molecule has 0 saturated carbocycles. The van der Waals surface area contributed by atoms with Crippen LogP contribution in [0.15, 0.2) is 66.7 Å². The first kappa shape index (κ1) is 29.6. The van der Waals surface area contributed by atoms with Crippen LogP contribution in [0.5, 0.6) is 0 Å². The molecule has 0 aliphatic carbocycles. The Kier molecular flexibility index (Phi) is 9.70. The molecular weight excluding hydrogens is 494 g/mol. The molecule has 8 heteroatoms. The number of aliphatic hydroxyl groups is 1. The summed E-state index contributed by atoms with van der Waals surface area (Å²) < 4.78 is 5.30. The number of anilines is 1. The predicted molar refractivity (Wildman–Crippen MR) is 153 cm³/mol. The van der Waals surface area contributed by atoms with Crippen molar-refractivity contribution in [3.8, 4) is 0 Å². The van der Waals surface area contributed by atoms with Gasteiger partial charge in [0, 0.05) is 11.7 Å². The Morgan fingerprint density at radius 3 is 2.21 bits per heavy atom. The minimum atomic E-state index is -1.30. The number of ether oxygens (including phenoxy) is 1. The van der Waals surface area contributed by atoms with Crippen molar-refractivity contribution in [1.29, 1.82) is 0 Å². The van der Waals surface area contributed by atoms with Crippen LogP contribution < -0.4 is 10.6 Å². The maximum Gasteiger partial charge on any atom is 0.408 e. The highest BCUT2D eigenvalue weighted by Crippen LogP contribution is 2.28. The molecule has 0 aromatic heterocycles. The summed E-state index contributed by atoms with van der Waals surface area (Å²) in [4.78, 5) is 41.7. The van der Waals surface area contributed by atoms with E-state index in [1.165, 1.54) is 4.90 Å². The average Bonchev–Trinajstić information content (AvgIpc) is 2.89. The highest BCUT2D eigenvalue weighted by Gasteiger charge is 2.38. The topological polar surface area (TPSA) is 108 Å². The summed E-state index contributed by atoms with van der Waals surface area (Å²) in [6, 6.07) is 18.2. The van der Waals surface area contributed by atoms with Gasteiger partial charge in [-0.3, -0.25) is 9.59 Å². The molecule has 0 bridgehead atoms. The number of alkyl carbamates (subject to hydrolysis) is 1. The molecule has 0 radical (unpaired) electrons. The maximum absolute atomic E-state index is 13.9. The van der Waals surface area contributed by atoms with Gasteiger partial charge in [-0.1, -0.05) is 67.1 Å². The van der Waals surface area contributed by atoms with E-state index in [-0.39, 0.29) is 6.04 Å². The monoisotopic (exact) mass is 533 g/mol. The second-order valence-electron chi connectivity index (χ2n) is 10.7. The second-order valence-corrected chi connectivity index (χ2v) is 10.7. The molecule has 8 nitrogen and oxygen atoms in total. The fraction of sp³-hybridized carbons (Fsp3) is 0.387. The largest absolute Gasteiger partial charge is 0.444 e. The van der Waals surface area contributed by atoms with Gasteiger partial charge in [0.1, 0.15) is 17.7 Å². The zero-order chi connectivity index (χ0) is 28.7. The summed E-state index contributed by atoms with van der Waals surface area (Å²) in [5, 5.41) is 17.6. The average molecular weight is 534 g/mol. The number of amides is 3. The normalized spacial score (nSPS) is 13.7. The van der Waals surface area contributed by atoms with Crippen LogP contribution in [0.4, 0.5) is 10.5 Å². The molecule has 3 rings (SSSR count). The van der Waals surface area contributed by atoms with Crippen LogP contribution in [0, 0.1) is 6.92 Å². The Hall–Kier alpha value is -3.91. The minimum absolute atomic E-state index is 0.388. The first-order chi connectivity index (χ1) is 18.4. The lowest BCUT2D eigenvalue weighted by Gasteiger charge is -2.38. The van der Waals surface area contributed by atoms with E-state index in [9.17, 15) is 19.5 Å². The molecule has 3 unspecified atom stereocenters. The minimum Gasteiger partial charge on any atom is -0.444 e. The molecular formula is C31H39N3O5. The van der Waals surface area contributed by atoms with E-state index < -0.39 is 42.2 Å². The highest BCUT2D eigenvalue weighted by atomic mass is 16.6. The molecule has 0 fully saturated rings. The van der Waals surface area contributed by atoms with Crippen molar-refractivity contribution in [3.05, 3.63) is 77.9 Å². The fourth-order valence-corrected chi connectivity index (χ4v) is 4.28. The van der Waals surface area contributed by atoms with Crippen LogP contribution in [-0.2, 0) is 14.3 Å². The van der Waals surface area contributed by atoms with Gasteiger partial charge in [-0.15, -0.1) is 0 Å². The van der Waals surface area contributed by atoms with Gasteiger partial charge in [-0.2, -0.15) is 0 Å². The van der Waals surface area contributed by atoms with E-state index in [0.717, 1.165) is 16.3 Å². The number of nitrogens with zero attached hydrogens (tertiary/aromatic N) is 1. The number of carbonyl (C=O) groups excluding carboxylic acids is 3. The zero-order valence-electron chi connectivity index (χ0n) is 23.5.